The zero-order valence-corrected chi connectivity index (χ0v) is 11.7. The van der Waals surface area contributed by atoms with Crippen LogP contribution < -0.4 is 5.32 Å². The molecule has 2 aromatic carbocycles. The van der Waals surface area contributed by atoms with E-state index in [2.05, 4.69) is 10.3 Å². The van der Waals surface area contributed by atoms with Gasteiger partial charge in [0.05, 0.1) is 5.52 Å². The largest absolute Gasteiger partial charge is 0.355 e. The van der Waals surface area contributed by atoms with Crippen molar-refractivity contribution in [1.82, 2.24) is 4.98 Å². The van der Waals surface area contributed by atoms with Crippen molar-refractivity contribution in [3.8, 4) is 0 Å². The summed E-state index contributed by atoms with van der Waals surface area (Å²) in [4.78, 5) is 4.49. The summed E-state index contributed by atoms with van der Waals surface area (Å²) in [6.45, 7) is 1.96. The second-order valence-corrected chi connectivity index (χ2v) is 4.46. The summed E-state index contributed by atoms with van der Waals surface area (Å²) in [5.74, 6) is -0.235. The number of anilines is 2. The molecule has 0 radical (unpaired) electrons. The van der Waals surface area contributed by atoms with Crippen LogP contribution in [0.1, 0.15) is 5.69 Å². The Bertz CT molecular complexity index is 726. The number of rotatable bonds is 2. The van der Waals surface area contributed by atoms with Gasteiger partial charge in [0.2, 0.25) is 0 Å². The van der Waals surface area contributed by atoms with E-state index in [1.165, 1.54) is 12.1 Å². The highest BCUT2D eigenvalue weighted by Gasteiger charge is 2.03. The van der Waals surface area contributed by atoms with Crippen molar-refractivity contribution in [3.63, 3.8) is 0 Å². The molecule has 1 N–H and O–H groups in total. The van der Waals surface area contributed by atoms with Crippen LogP contribution in [-0.4, -0.2) is 4.98 Å². The number of aryl methyl sites for hydroxylation is 1. The predicted molar refractivity (Wildman–Crippen MR) is 83.4 cm³/mol. The van der Waals surface area contributed by atoms with Gasteiger partial charge in [-0.25, -0.2) is 4.39 Å². The fourth-order valence-electron chi connectivity index (χ4n) is 2.10. The van der Waals surface area contributed by atoms with E-state index < -0.39 is 0 Å². The van der Waals surface area contributed by atoms with Crippen LogP contribution in [0.2, 0.25) is 0 Å². The zero-order chi connectivity index (χ0) is 13.2. The second-order valence-electron chi connectivity index (χ2n) is 4.46. The first-order valence-electron chi connectivity index (χ1n) is 6.11. The highest BCUT2D eigenvalue weighted by Crippen LogP contribution is 2.26. The number of pyridine rings is 1. The van der Waals surface area contributed by atoms with E-state index in [4.69, 9.17) is 0 Å². The van der Waals surface area contributed by atoms with E-state index in [-0.39, 0.29) is 18.2 Å². The number of aromatic nitrogens is 1. The van der Waals surface area contributed by atoms with Gasteiger partial charge in [-0.1, -0.05) is 18.2 Å². The van der Waals surface area contributed by atoms with E-state index in [1.54, 1.807) is 12.1 Å². The summed E-state index contributed by atoms with van der Waals surface area (Å²) >= 11 is 0. The molecule has 0 saturated heterocycles. The van der Waals surface area contributed by atoms with E-state index in [1.807, 2.05) is 37.3 Å². The number of nitrogens with zero attached hydrogens (tertiary/aromatic N) is 1. The number of fused-ring (bicyclic) bond motifs is 1. The summed E-state index contributed by atoms with van der Waals surface area (Å²) in [7, 11) is 0. The highest BCUT2D eigenvalue weighted by atomic mass is 35.5. The summed E-state index contributed by atoms with van der Waals surface area (Å²) in [6.07, 6.45) is 0. The maximum atomic E-state index is 12.9. The topological polar surface area (TPSA) is 24.9 Å². The third-order valence-corrected chi connectivity index (χ3v) is 2.97. The third-order valence-electron chi connectivity index (χ3n) is 2.97. The van der Waals surface area contributed by atoms with Crippen LogP contribution >= 0.6 is 12.4 Å². The lowest BCUT2D eigenvalue weighted by Crippen LogP contribution is -1.94. The number of halogens is 2. The fraction of sp³-hybridized carbons (Fsp3) is 0.0625. The first-order valence-corrected chi connectivity index (χ1v) is 6.11. The summed E-state index contributed by atoms with van der Waals surface area (Å²) in [5, 5.41) is 4.36. The normalized spacial score (nSPS) is 10.1. The van der Waals surface area contributed by atoms with Gasteiger partial charge < -0.3 is 5.32 Å². The molecule has 1 heterocycles. The number of hydrogen-bond acceptors (Lipinski definition) is 2. The van der Waals surface area contributed by atoms with Crippen LogP contribution in [0, 0.1) is 12.7 Å². The van der Waals surface area contributed by atoms with Crippen LogP contribution in [0.15, 0.2) is 54.6 Å². The van der Waals surface area contributed by atoms with Gasteiger partial charge in [-0.3, -0.25) is 4.98 Å². The molecule has 0 atom stereocenters. The molecular weight excluding hydrogens is 275 g/mol. The van der Waals surface area contributed by atoms with Gasteiger partial charge in [-0.15, -0.1) is 12.4 Å². The average Bonchev–Trinajstić information content (AvgIpc) is 2.41. The molecule has 0 aliphatic carbocycles. The molecule has 0 aliphatic rings. The maximum Gasteiger partial charge on any atom is 0.123 e. The van der Waals surface area contributed by atoms with Gasteiger partial charge in [-0.2, -0.15) is 0 Å². The smallest absolute Gasteiger partial charge is 0.123 e. The molecule has 3 rings (SSSR count). The molecule has 1 aromatic heterocycles. The van der Waals surface area contributed by atoms with Crippen LogP contribution in [-0.2, 0) is 0 Å². The van der Waals surface area contributed by atoms with Crippen LogP contribution in [0.5, 0.6) is 0 Å². The predicted octanol–water partition coefficient (Wildman–Crippen LogP) is 4.85. The van der Waals surface area contributed by atoms with Crippen molar-refractivity contribution >= 4 is 34.7 Å². The molecule has 3 aromatic rings. The van der Waals surface area contributed by atoms with E-state index in [0.29, 0.717) is 0 Å². The Morgan fingerprint density at radius 1 is 1.00 bits per heavy atom. The van der Waals surface area contributed by atoms with Crippen molar-refractivity contribution in [2.24, 2.45) is 0 Å². The summed E-state index contributed by atoms with van der Waals surface area (Å²) in [5.41, 5.74) is 3.74. The Balaban J connectivity index is 0.00000147. The van der Waals surface area contributed by atoms with Crippen molar-refractivity contribution in [2.75, 3.05) is 5.32 Å². The molecular formula is C16H14ClFN2. The monoisotopic (exact) mass is 288 g/mol. The van der Waals surface area contributed by atoms with Crippen LogP contribution in [0.25, 0.3) is 10.9 Å². The molecule has 102 valence electrons. The number of para-hydroxylation sites is 1. The Labute approximate surface area is 123 Å². The highest BCUT2D eigenvalue weighted by molar-refractivity contribution is 5.93. The van der Waals surface area contributed by atoms with E-state index in [9.17, 15) is 4.39 Å². The third kappa shape index (κ3) is 2.89. The molecule has 2 nitrogen and oxygen atoms in total. The Morgan fingerprint density at radius 2 is 1.70 bits per heavy atom. The average molecular weight is 289 g/mol. The van der Waals surface area contributed by atoms with Gasteiger partial charge in [0.25, 0.3) is 0 Å². The van der Waals surface area contributed by atoms with Gasteiger partial charge >= 0.3 is 0 Å². The molecule has 0 saturated carbocycles. The minimum Gasteiger partial charge on any atom is -0.355 e. The zero-order valence-electron chi connectivity index (χ0n) is 10.9. The molecule has 0 spiro atoms. The van der Waals surface area contributed by atoms with Gasteiger partial charge in [0.1, 0.15) is 5.82 Å². The molecule has 0 unspecified atom stereocenters. The standard InChI is InChI=1S/C16H13FN2.ClH/c1-11-10-16(14-4-2-3-5-15(14)18-11)19-13-8-6-12(17)7-9-13;/h2-10H,1H3,(H,18,19);1H. The molecule has 0 fully saturated rings. The lowest BCUT2D eigenvalue weighted by Gasteiger charge is -2.10. The molecule has 0 bridgehead atoms. The number of nitrogens with one attached hydrogen (secondary N) is 1. The Kier molecular flexibility index (Phi) is 4.20. The maximum absolute atomic E-state index is 12.9. The van der Waals surface area contributed by atoms with Crippen LogP contribution in [0.4, 0.5) is 15.8 Å². The van der Waals surface area contributed by atoms with Gasteiger partial charge in [0, 0.05) is 22.5 Å². The molecule has 0 aliphatic heterocycles. The number of benzene rings is 2. The van der Waals surface area contributed by atoms with Crippen molar-refractivity contribution in [3.05, 3.63) is 66.1 Å². The summed E-state index contributed by atoms with van der Waals surface area (Å²) in [6, 6.07) is 16.3. The lowest BCUT2D eigenvalue weighted by atomic mass is 10.1. The van der Waals surface area contributed by atoms with Crippen molar-refractivity contribution < 1.29 is 4.39 Å². The SMILES string of the molecule is Cc1cc(Nc2ccc(F)cc2)c2ccccc2n1.Cl. The quantitative estimate of drug-likeness (QED) is 0.729. The molecule has 4 heteroatoms. The second kappa shape index (κ2) is 5.88. The van der Waals surface area contributed by atoms with Crippen molar-refractivity contribution in [1.29, 1.82) is 0 Å². The minimum atomic E-state index is -0.235. The Hall–Kier alpha value is -2.13. The first kappa shape index (κ1) is 14.3. The number of hydrogen-bond donors (Lipinski definition) is 1. The molecule has 20 heavy (non-hydrogen) atoms. The van der Waals surface area contributed by atoms with Crippen molar-refractivity contribution in [2.45, 2.75) is 6.92 Å². The minimum absolute atomic E-state index is 0. The van der Waals surface area contributed by atoms with Gasteiger partial charge in [0.15, 0.2) is 0 Å². The first-order chi connectivity index (χ1) is 9.22. The summed E-state index contributed by atoms with van der Waals surface area (Å²) < 4.78 is 12.9. The van der Waals surface area contributed by atoms with E-state index >= 15 is 0 Å². The van der Waals surface area contributed by atoms with E-state index in [0.717, 1.165) is 28.0 Å². The lowest BCUT2D eigenvalue weighted by molar-refractivity contribution is 0.628. The molecule has 0 amide bonds. The van der Waals surface area contributed by atoms with Gasteiger partial charge in [-0.05, 0) is 43.3 Å². The Morgan fingerprint density at radius 3 is 2.45 bits per heavy atom. The van der Waals surface area contributed by atoms with Crippen LogP contribution in [0.3, 0.4) is 0 Å². The fourth-order valence-corrected chi connectivity index (χ4v) is 2.10.